The number of amides is 2. The number of aromatic nitrogens is 1. The number of hydrogen-bond acceptors (Lipinski definition) is 7. The fraction of sp³-hybridized carbons (Fsp3) is 0.429. The normalized spacial score (nSPS) is 14.9. The van der Waals surface area contributed by atoms with Crippen molar-refractivity contribution in [1.82, 2.24) is 20.7 Å². The van der Waals surface area contributed by atoms with Crippen LogP contribution in [-0.4, -0.2) is 54.2 Å². The van der Waals surface area contributed by atoms with Crippen LogP contribution in [0.25, 0.3) is 0 Å². The minimum Gasteiger partial charge on any atom is -0.497 e. The molecule has 0 spiro atoms. The van der Waals surface area contributed by atoms with Gasteiger partial charge in [-0.1, -0.05) is 0 Å². The molecule has 30 heavy (non-hydrogen) atoms. The summed E-state index contributed by atoms with van der Waals surface area (Å²) < 4.78 is 5.13. The maximum atomic E-state index is 12.7. The molecule has 8 nitrogen and oxygen atoms in total. The van der Waals surface area contributed by atoms with Gasteiger partial charge in [0.25, 0.3) is 5.91 Å². The molecule has 1 aromatic carbocycles. The van der Waals surface area contributed by atoms with Crippen molar-refractivity contribution in [2.24, 2.45) is 5.92 Å². The molecular weight excluding hydrogens is 404 g/mol. The van der Waals surface area contributed by atoms with E-state index in [1.807, 2.05) is 17.2 Å². The Bertz CT molecular complexity index is 889. The van der Waals surface area contributed by atoms with E-state index in [-0.39, 0.29) is 36.5 Å². The second-order valence-electron chi connectivity index (χ2n) is 7.30. The van der Waals surface area contributed by atoms with E-state index in [4.69, 9.17) is 4.74 Å². The maximum Gasteiger partial charge on any atom is 0.252 e. The molecule has 1 aliphatic heterocycles. The molecule has 2 aromatic rings. The minimum atomic E-state index is -0.304. The topological polar surface area (TPSA) is 101 Å². The molecule has 0 atom stereocenters. The number of methoxy groups -OCH3 is 1. The monoisotopic (exact) mass is 430 g/mol. The number of aryl methyl sites for hydroxylation is 1. The molecule has 9 heteroatoms. The first kappa shape index (κ1) is 21.9. The van der Waals surface area contributed by atoms with E-state index in [0.717, 1.165) is 11.4 Å². The van der Waals surface area contributed by atoms with Crippen molar-refractivity contribution < 1.29 is 19.1 Å². The standard InChI is InChI=1S/C21H26N4O4S/c1-14-13-30-20(22-14)11-18(26)23-24-19(27)12-25-9-7-16(8-10-25)21(28)15-3-5-17(29-2)6-4-15/h3-6,13,16H,7-12H2,1-2H3,(H,23,26)(H,24,27). The number of piperidine rings is 1. The lowest BCUT2D eigenvalue weighted by atomic mass is 9.89. The van der Waals surface area contributed by atoms with E-state index in [0.29, 0.717) is 36.5 Å². The SMILES string of the molecule is COc1ccc(C(=O)C2CCN(CC(=O)NNC(=O)Cc3nc(C)cs3)CC2)cc1. The van der Waals surface area contributed by atoms with Crippen molar-refractivity contribution in [3.05, 3.63) is 45.9 Å². The molecule has 2 heterocycles. The van der Waals surface area contributed by atoms with Crippen LogP contribution in [0.5, 0.6) is 5.75 Å². The summed E-state index contributed by atoms with van der Waals surface area (Å²) in [5, 5.41) is 2.59. The van der Waals surface area contributed by atoms with Gasteiger partial charge < -0.3 is 4.74 Å². The third-order valence-corrected chi connectivity index (χ3v) is 5.99. The van der Waals surface area contributed by atoms with Crippen LogP contribution < -0.4 is 15.6 Å². The lowest BCUT2D eigenvalue weighted by Crippen LogP contribution is -2.48. The molecule has 1 aromatic heterocycles. The van der Waals surface area contributed by atoms with Crippen molar-refractivity contribution in [3.8, 4) is 5.75 Å². The molecule has 0 bridgehead atoms. The van der Waals surface area contributed by atoms with Crippen LogP contribution in [0.1, 0.15) is 33.9 Å². The average Bonchev–Trinajstić information content (AvgIpc) is 3.17. The number of ketones is 1. The second-order valence-corrected chi connectivity index (χ2v) is 8.24. The first-order valence-electron chi connectivity index (χ1n) is 9.84. The number of Topliss-reactive ketones (excluding diaryl/α,β-unsaturated/α-hetero) is 1. The molecule has 1 fully saturated rings. The molecular formula is C21H26N4O4S. The highest BCUT2D eigenvalue weighted by Crippen LogP contribution is 2.23. The van der Waals surface area contributed by atoms with Crippen molar-refractivity contribution in [2.75, 3.05) is 26.7 Å². The maximum absolute atomic E-state index is 12.7. The lowest BCUT2D eigenvalue weighted by molar-refractivity contribution is -0.129. The molecule has 3 rings (SSSR count). The predicted octanol–water partition coefficient (Wildman–Crippen LogP) is 1.74. The second kappa shape index (κ2) is 10.3. The third kappa shape index (κ3) is 6.11. The molecule has 0 radical (unpaired) electrons. The molecule has 2 N–H and O–H groups in total. The fourth-order valence-electron chi connectivity index (χ4n) is 3.39. The molecule has 1 saturated heterocycles. The number of nitrogens with zero attached hydrogens (tertiary/aromatic N) is 2. The largest absolute Gasteiger partial charge is 0.497 e. The first-order valence-corrected chi connectivity index (χ1v) is 10.7. The van der Waals surface area contributed by atoms with Gasteiger partial charge in [-0.15, -0.1) is 11.3 Å². The number of benzene rings is 1. The molecule has 0 unspecified atom stereocenters. The smallest absolute Gasteiger partial charge is 0.252 e. The average molecular weight is 431 g/mol. The van der Waals surface area contributed by atoms with E-state index in [1.54, 1.807) is 31.4 Å². The lowest BCUT2D eigenvalue weighted by Gasteiger charge is -2.30. The van der Waals surface area contributed by atoms with E-state index >= 15 is 0 Å². The summed E-state index contributed by atoms with van der Waals surface area (Å²) in [6, 6.07) is 7.15. The Morgan fingerprint density at radius 2 is 1.80 bits per heavy atom. The summed E-state index contributed by atoms with van der Waals surface area (Å²) in [7, 11) is 1.59. The zero-order chi connectivity index (χ0) is 21.5. The van der Waals surface area contributed by atoms with Gasteiger partial charge in [0.2, 0.25) is 5.91 Å². The Balaban J connectivity index is 1.37. The van der Waals surface area contributed by atoms with E-state index in [1.165, 1.54) is 11.3 Å². The van der Waals surface area contributed by atoms with E-state index in [9.17, 15) is 14.4 Å². The van der Waals surface area contributed by atoms with Crippen LogP contribution in [0.4, 0.5) is 0 Å². The van der Waals surface area contributed by atoms with Gasteiger partial charge in [0, 0.05) is 22.6 Å². The van der Waals surface area contributed by atoms with Gasteiger partial charge in [0.05, 0.1) is 20.1 Å². The predicted molar refractivity (Wildman–Crippen MR) is 113 cm³/mol. The van der Waals surface area contributed by atoms with Crippen LogP contribution in [0, 0.1) is 12.8 Å². The third-order valence-electron chi connectivity index (χ3n) is 5.02. The summed E-state index contributed by atoms with van der Waals surface area (Å²) in [4.78, 5) is 42.9. The molecule has 2 amide bonds. The zero-order valence-electron chi connectivity index (χ0n) is 17.1. The number of thiazole rings is 1. The Kier molecular flexibility index (Phi) is 7.53. The van der Waals surface area contributed by atoms with Crippen molar-refractivity contribution in [1.29, 1.82) is 0 Å². The minimum absolute atomic E-state index is 0.0424. The van der Waals surface area contributed by atoms with Gasteiger partial charge in [-0.3, -0.25) is 30.1 Å². The van der Waals surface area contributed by atoms with Gasteiger partial charge in [0.1, 0.15) is 10.8 Å². The molecule has 1 aliphatic rings. The van der Waals surface area contributed by atoms with Crippen LogP contribution >= 0.6 is 11.3 Å². The molecule has 0 aliphatic carbocycles. The molecule has 160 valence electrons. The summed E-state index contributed by atoms with van der Waals surface area (Å²) in [6.45, 7) is 3.37. The molecule has 0 saturated carbocycles. The number of likely N-dealkylation sites (tertiary alicyclic amines) is 1. The summed E-state index contributed by atoms with van der Waals surface area (Å²) >= 11 is 1.42. The Morgan fingerprint density at radius 3 is 2.40 bits per heavy atom. The number of hydrogen-bond donors (Lipinski definition) is 2. The number of carbonyl (C=O) groups excluding carboxylic acids is 3. The number of ether oxygens (including phenoxy) is 1. The number of rotatable bonds is 7. The quantitative estimate of drug-likeness (QED) is 0.513. The first-order chi connectivity index (χ1) is 14.4. The number of nitrogens with one attached hydrogen (secondary N) is 2. The van der Waals surface area contributed by atoms with Crippen molar-refractivity contribution in [3.63, 3.8) is 0 Å². The van der Waals surface area contributed by atoms with Crippen molar-refractivity contribution >= 4 is 28.9 Å². The Morgan fingerprint density at radius 1 is 1.13 bits per heavy atom. The van der Waals surface area contributed by atoms with Crippen LogP contribution in [0.2, 0.25) is 0 Å². The van der Waals surface area contributed by atoms with Gasteiger partial charge in [-0.25, -0.2) is 4.98 Å². The number of carbonyl (C=O) groups is 3. The van der Waals surface area contributed by atoms with Crippen LogP contribution in [0.3, 0.4) is 0 Å². The van der Waals surface area contributed by atoms with E-state index in [2.05, 4.69) is 15.8 Å². The summed E-state index contributed by atoms with van der Waals surface area (Å²) in [5.41, 5.74) is 6.43. The zero-order valence-corrected chi connectivity index (χ0v) is 18.0. The van der Waals surface area contributed by atoms with Gasteiger partial charge in [0.15, 0.2) is 5.78 Å². The van der Waals surface area contributed by atoms with Gasteiger partial charge >= 0.3 is 0 Å². The van der Waals surface area contributed by atoms with E-state index < -0.39 is 0 Å². The number of hydrazine groups is 1. The Hall–Kier alpha value is -2.78. The van der Waals surface area contributed by atoms with Crippen LogP contribution in [-0.2, 0) is 16.0 Å². The van der Waals surface area contributed by atoms with Gasteiger partial charge in [-0.05, 0) is 57.1 Å². The Labute approximate surface area is 179 Å². The summed E-state index contributed by atoms with van der Waals surface area (Å²) in [6.07, 6.45) is 1.54. The van der Waals surface area contributed by atoms with Crippen molar-refractivity contribution in [2.45, 2.75) is 26.2 Å². The highest BCUT2D eigenvalue weighted by molar-refractivity contribution is 7.09. The van der Waals surface area contributed by atoms with Gasteiger partial charge in [-0.2, -0.15) is 0 Å². The fourth-order valence-corrected chi connectivity index (χ4v) is 4.16. The highest BCUT2D eigenvalue weighted by atomic mass is 32.1. The van der Waals surface area contributed by atoms with Crippen LogP contribution in [0.15, 0.2) is 29.6 Å². The highest BCUT2D eigenvalue weighted by Gasteiger charge is 2.26. The summed E-state index contributed by atoms with van der Waals surface area (Å²) in [5.74, 6) is 0.229.